The molecule has 0 aliphatic heterocycles. The van der Waals surface area contributed by atoms with Gasteiger partial charge in [0.25, 0.3) is 0 Å². The third-order valence-electron chi connectivity index (χ3n) is 5.81. The molecule has 98 valence electrons. The minimum atomic E-state index is 0.434. The lowest BCUT2D eigenvalue weighted by Gasteiger charge is -2.54. The summed E-state index contributed by atoms with van der Waals surface area (Å²) in [5.41, 5.74) is 5.67. The molecule has 1 fully saturated rings. The van der Waals surface area contributed by atoms with Crippen molar-refractivity contribution in [2.45, 2.75) is 65.2 Å². The van der Waals surface area contributed by atoms with Crippen LogP contribution in [0.5, 0.6) is 0 Å². The van der Waals surface area contributed by atoms with Gasteiger partial charge in [-0.2, -0.15) is 0 Å². The maximum absolute atomic E-state index is 2.53. The van der Waals surface area contributed by atoms with Gasteiger partial charge in [-0.1, -0.05) is 51.0 Å². The van der Waals surface area contributed by atoms with Crippen LogP contribution < -0.4 is 0 Å². The van der Waals surface area contributed by atoms with Crippen LogP contribution in [0.2, 0.25) is 0 Å². The molecule has 0 amide bonds. The maximum atomic E-state index is 2.53. The number of hydrogen-bond acceptors (Lipinski definition) is 0. The molecule has 0 saturated heterocycles. The smallest absolute Gasteiger partial charge is 0.00391 e. The molecule has 0 aromatic heterocycles. The van der Waals surface area contributed by atoms with Gasteiger partial charge < -0.3 is 0 Å². The molecule has 3 rings (SSSR count). The van der Waals surface area contributed by atoms with E-state index in [-0.39, 0.29) is 0 Å². The second kappa shape index (κ2) is 3.85. The third-order valence-corrected chi connectivity index (χ3v) is 5.81. The zero-order valence-corrected chi connectivity index (χ0v) is 12.3. The second-order valence-corrected chi connectivity index (χ2v) is 7.51. The molecule has 0 nitrogen and oxygen atoms in total. The van der Waals surface area contributed by atoms with E-state index in [9.17, 15) is 0 Å². The van der Waals surface area contributed by atoms with Gasteiger partial charge in [0, 0.05) is 0 Å². The van der Waals surface area contributed by atoms with Crippen LogP contribution >= 0.6 is 0 Å². The molecule has 0 heteroatoms. The first-order valence-electron chi connectivity index (χ1n) is 7.53. The van der Waals surface area contributed by atoms with Gasteiger partial charge in [-0.05, 0) is 60.5 Å². The Morgan fingerprint density at radius 2 is 1.89 bits per heavy atom. The molecule has 2 aliphatic rings. The summed E-state index contributed by atoms with van der Waals surface area (Å²) in [6, 6.07) is 7.17. The predicted molar refractivity (Wildman–Crippen MR) is 78.0 cm³/mol. The first-order chi connectivity index (χ1) is 8.43. The summed E-state index contributed by atoms with van der Waals surface area (Å²) < 4.78 is 0. The third kappa shape index (κ3) is 1.65. The van der Waals surface area contributed by atoms with Crippen molar-refractivity contribution in [3.8, 4) is 0 Å². The van der Waals surface area contributed by atoms with Gasteiger partial charge >= 0.3 is 0 Å². The van der Waals surface area contributed by atoms with Crippen molar-refractivity contribution in [3.05, 3.63) is 34.9 Å². The number of fused-ring (bicyclic) bond motifs is 3. The lowest BCUT2D eigenvalue weighted by molar-refractivity contribution is 0.0407. The van der Waals surface area contributed by atoms with E-state index in [4.69, 9.17) is 0 Å². The highest BCUT2D eigenvalue weighted by atomic mass is 14.5. The highest BCUT2D eigenvalue weighted by molar-refractivity contribution is 5.40. The molecule has 0 bridgehead atoms. The molecule has 0 N–H and O–H groups in total. The number of aryl methyl sites for hydroxylation is 2. The van der Waals surface area contributed by atoms with Crippen molar-refractivity contribution >= 4 is 0 Å². The summed E-state index contributed by atoms with van der Waals surface area (Å²) in [4.78, 5) is 0. The highest BCUT2D eigenvalue weighted by Crippen LogP contribution is 2.56. The molecule has 0 radical (unpaired) electrons. The van der Waals surface area contributed by atoms with E-state index in [2.05, 4.69) is 45.9 Å². The van der Waals surface area contributed by atoms with Crippen LogP contribution in [0.4, 0.5) is 0 Å². The largest absolute Gasteiger partial charge is 0.0596 e. The lowest BCUT2D eigenvalue weighted by atomic mass is 9.50. The van der Waals surface area contributed by atoms with Crippen LogP contribution in [0.15, 0.2) is 18.2 Å². The van der Waals surface area contributed by atoms with Crippen LogP contribution in [0.25, 0.3) is 0 Å². The van der Waals surface area contributed by atoms with Crippen LogP contribution in [0, 0.1) is 18.3 Å². The highest BCUT2D eigenvalue weighted by Gasteiger charge is 2.49. The van der Waals surface area contributed by atoms with E-state index in [0.717, 1.165) is 5.92 Å². The SMILES string of the molecule is Cc1ccc2c(c1)CC[C@@H]1C(C)(C)CCC[C@]21C. The molecule has 1 aromatic carbocycles. The molecular formula is C18H26. The Morgan fingerprint density at radius 3 is 2.67 bits per heavy atom. The minimum absolute atomic E-state index is 0.434. The lowest BCUT2D eigenvalue weighted by Crippen LogP contribution is -2.47. The minimum Gasteiger partial charge on any atom is -0.0596 e. The molecule has 1 aromatic rings. The Hall–Kier alpha value is -0.780. The first kappa shape index (κ1) is 12.3. The van der Waals surface area contributed by atoms with Crippen molar-refractivity contribution in [2.75, 3.05) is 0 Å². The van der Waals surface area contributed by atoms with Gasteiger partial charge in [0.1, 0.15) is 0 Å². The topological polar surface area (TPSA) is 0 Å². The molecular weight excluding hydrogens is 216 g/mol. The predicted octanol–water partition coefficient (Wildman–Crippen LogP) is 5.03. The first-order valence-corrected chi connectivity index (χ1v) is 7.53. The maximum Gasteiger partial charge on any atom is -0.00391 e. The van der Waals surface area contributed by atoms with Gasteiger partial charge in [-0.3, -0.25) is 0 Å². The van der Waals surface area contributed by atoms with Gasteiger partial charge in [-0.25, -0.2) is 0 Å². The van der Waals surface area contributed by atoms with Gasteiger partial charge in [-0.15, -0.1) is 0 Å². The van der Waals surface area contributed by atoms with Crippen molar-refractivity contribution < 1.29 is 0 Å². The molecule has 2 atom stereocenters. The van der Waals surface area contributed by atoms with E-state index >= 15 is 0 Å². The summed E-state index contributed by atoms with van der Waals surface area (Å²) >= 11 is 0. The second-order valence-electron chi connectivity index (χ2n) is 7.51. The van der Waals surface area contributed by atoms with Crippen molar-refractivity contribution in [2.24, 2.45) is 11.3 Å². The van der Waals surface area contributed by atoms with Gasteiger partial charge in [0.2, 0.25) is 0 Å². The van der Waals surface area contributed by atoms with Crippen molar-refractivity contribution in [1.82, 2.24) is 0 Å². The Kier molecular flexibility index (Phi) is 2.63. The van der Waals surface area contributed by atoms with E-state index in [1.54, 1.807) is 11.1 Å². The van der Waals surface area contributed by atoms with Crippen LogP contribution in [-0.4, -0.2) is 0 Å². The summed E-state index contributed by atoms with van der Waals surface area (Å²) in [7, 11) is 0. The Balaban J connectivity index is 2.11. The molecule has 1 saturated carbocycles. The summed E-state index contributed by atoms with van der Waals surface area (Å²) in [5.74, 6) is 0.869. The summed E-state index contributed by atoms with van der Waals surface area (Å²) in [6.07, 6.45) is 6.87. The average Bonchev–Trinajstić information content (AvgIpc) is 2.27. The van der Waals surface area contributed by atoms with E-state index in [1.165, 1.54) is 37.7 Å². The van der Waals surface area contributed by atoms with Crippen LogP contribution in [0.3, 0.4) is 0 Å². The summed E-state index contributed by atoms with van der Waals surface area (Å²) in [6.45, 7) is 9.74. The fourth-order valence-electron chi connectivity index (χ4n) is 4.94. The zero-order chi connectivity index (χ0) is 13.0. The van der Waals surface area contributed by atoms with Crippen LogP contribution in [-0.2, 0) is 11.8 Å². The van der Waals surface area contributed by atoms with E-state index < -0.39 is 0 Å². The number of rotatable bonds is 0. The molecule has 0 heterocycles. The fraction of sp³-hybridized carbons (Fsp3) is 0.667. The normalized spacial score (nSPS) is 33.7. The molecule has 0 unspecified atom stereocenters. The number of hydrogen-bond donors (Lipinski definition) is 0. The average molecular weight is 242 g/mol. The molecule has 18 heavy (non-hydrogen) atoms. The molecule has 2 aliphatic carbocycles. The van der Waals surface area contributed by atoms with Gasteiger partial charge in [0.05, 0.1) is 0 Å². The zero-order valence-electron chi connectivity index (χ0n) is 12.3. The summed E-state index contributed by atoms with van der Waals surface area (Å²) in [5, 5.41) is 0. The van der Waals surface area contributed by atoms with E-state index in [1.807, 2.05) is 0 Å². The van der Waals surface area contributed by atoms with Crippen molar-refractivity contribution in [1.29, 1.82) is 0 Å². The fourth-order valence-corrected chi connectivity index (χ4v) is 4.94. The monoisotopic (exact) mass is 242 g/mol. The number of benzene rings is 1. The Morgan fingerprint density at radius 1 is 1.11 bits per heavy atom. The Bertz CT molecular complexity index is 469. The molecule has 0 spiro atoms. The standard InChI is InChI=1S/C18H26/c1-13-6-8-15-14(12-13)7-9-16-17(2,3)10-5-11-18(15,16)4/h6,8,12,16H,5,7,9-11H2,1-4H3/t16-,18-/m1/s1. The van der Waals surface area contributed by atoms with Gasteiger partial charge in [0.15, 0.2) is 0 Å². The van der Waals surface area contributed by atoms with Crippen molar-refractivity contribution in [3.63, 3.8) is 0 Å². The Labute approximate surface area is 112 Å². The quantitative estimate of drug-likeness (QED) is 0.599. The van der Waals surface area contributed by atoms with E-state index in [0.29, 0.717) is 10.8 Å². The van der Waals surface area contributed by atoms with Crippen LogP contribution in [0.1, 0.15) is 63.1 Å².